The van der Waals surface area contributed by atoms with E-state index in [1.165, 1.54) is 5.56 Å². The standard InChI is InChI=1S/C19H22BrNO4/c1-5-24-19(22)15-10-14(20)18-13-9-17(25-11(2)3)16(23-4)8-12(13)6-7-21(15)18/h8-11H,5-7H2,1-4H3. The summed E-state index contributed by atoms with van der Waals surface area (Å²) in [4.78, 5) is 12.2. The minimum Gasteiger partial charge on any atom is -0.493 e. The third-order valence-electron chi connectivity index (χ3n) is 4.15. The highest BCUT2D eigenvalue weighted by atomic mass is 79.9. The lowest BCUT2D eigenvalue weighted by Gasteiger charge is -2.24. The number of ether oxygens (including phenoxy) is 3. The third kappa shape index (κ3) is 3.27. The highest BCUT2D eigenvalue weighted by molar-refractivity contribution is 9.10. The lowest BCUT2D eigenvalue weighted by Crippen LogP contribution is -2.18. The maximum absolute atomic E-state index is 12.2. The number of hydrogen-bond acceptors (Lipinski definition) is 4. The van der Waals surface area contributed by atoms with Crippen LogP contribution >= 0.6 is 15.9 Å². The molecule has 0 radical (unpaired) electrons. The van der Waals surface area contributed by atoms with Crippen molar-refractivity contribution >= 4 is 21.9 Å². The summed E-state index contributed by atoms with van der Waals surface area (Å²) < 4.78 is 19.5. The van der Waals surface area contributed by atoms with Crippen molar-refractivity contribution in [3.8, 4) is 22.8 Å². The van der Waals surface area contributed by atoms with Gasteiger partial charge in [0.1, 0.15) is 5.69 Å². The summed E-state index contributed by atoms with van der Waals surface area (Å²) in [6.45, 7) is 6.85. The number of carbonyl (C=O) groups is 1. The van der Waals surface area contributed by atoms with E-state index in [1.54, 1.807) is 7.11 Å². The first-order valence-corrected chi connectivity index (χ1v) is 9.19. The van der Waals surface area contributed by atoms with E-state index in [0.29, 0.717) is 18.1 Å². The molecule has 0 aliphatic carbocycles. The fourth-order valence-electron chi connectivity index (χ4n) is 3.16. The number of methoxy groups -OCH3 is 1. The minimum atomic E-state index is -0.301. The maximum atomic E-state index is 12.2. The number of fused-ring (bicyclic) bond motifs is 3. The zero-order valence-electron chi connectivity index (χ0n) is 14.9. The van der Waals surface area contributed by atoms with Crippen LogP contribution in [-0.4, -0.2) is 30.4 Å². The van der Waals surface area contributed by atoms with E-state index >= 15 is 0 Å². The van der Waals surface area contributed by atoms with Crippen LogP contribution in [0.4, 0.5) is 0 Å². The molecule has 0 amide bonds. The lowest BCUT2D eigenvalue weighted by atomic mass is 9.97. The molecular weight excluding hydrogens is 386 g/mol. The van der Waals surface area contributed by atoms with Crippen molar-refractivity contribution in [3.05, 3.63) is 33.9 Å². The smallest absolute Gasteiger partial charge is 0.354 e. The number of halogens is 1. The van der Waals surface area contributed by atoms with Gasteiger partial charge in [-0.3, -0.25) is 0 Å². The van der Waals surface area contributed by atoms with Crippen LogP contribution in [0.15, 0.2) is 22.7 Å². The van der Waals surface area contributed by atoms with Gasteiger partial charge in [-0.2, -0.15) is 0 Å². The van der Waals surface area contributed by atoms with Crippen LogP contribution in [0.1, 0.15) is 36.8 Å². The largest absolute Gasteiger partial charge is 0.493 e. The van der Waals surface area contributed by atoms with Gasteiger partial charge in [0.25, 0.3) is 0 Å². The molecule has 0 unspecified atom stereocenters. The Morgan fingerprint density at radius 1 is 1.28 bits per heavy atom. The molecule has 1 aromatic carbocycles. The highest BCUT2D eigenvalue weighted by Crippen LogP contribution is 2.43. The van der Waals surface area contributed by atoms with Gasteiger partial charge in [0.05, 0.1) is 25.5 Å². The Balaban J connectivity index is 2.13. The molecule has 25 heavy (non-hydrogen) atoms. The quantitative estimate of drug-likeness (QED) is 0.687. The average molecular weight is 408 g/mol. The van der Waals surface area contributed by atoms with Crippen LogP contribution in [0.5, 0.6) is 11.5 Å². The zero-order chi connectivity index (χ0) is 18.1. The molecule has 0 bridgehead atoms. The Labute approximate surface area is 156 Å². The summed E-state index contributed by atoms with van der Waals surface area (Å²) in [6.07, 6.45) is 0.856. The molecule has 0 saturated carbocycles. The second kappa shape index (κ2) is 7.12. The summed E-state index contributed by atoms with van der Waals surface area (Å²) in [5.74, 6) is 1.13. The summed E-state index contributed by atoms with van der Waals surface area (Å²) >= 11 is 3.60. The minimum absolute atomic E-state index is 0.0425. The number of esters is 1. The molecule has 1 aromatic heterocycles. The van der Waals surface area contributed by atoms with Crippen molar-refractivity contribution in [1.29, 1.82) is 0 Å². The van der Waals surface area contributed by atoms with Crippen LogP contribution in [-0.2, 0) is 17.7 Å². The van der Waals surface area contributed by atoms with E-state index in [4.69, 9.17) is 14.2 Å². The molecule has 2 heterocycles. The van der Waals surface area contributed by atoms with Gasteiger partial charge in [-0.05, 0) is 66.9 Å². The average Bonchev–Trinajstić information content (AvgIpc) is 2.91. The fraction of sp³-hybridized carbons (Fsp3) is 0.421. The summed E-state index contributed by atoms with van der Waals surface area (Å²) in [5, 5.41) is 0. The van der Waals surface area contributed by atoms with Crippen LogP contribution in [0.25, 0.3) is 11.3 Å². The van der Waals surface area contributed by atoms with Gasteiger partial charge in [-0.15, -0.1) is 0 Å². The van der Waals surface area contributed by atoms with Crippen LogP contribution in [0.3, 0.4) is 0 Å². The van der Waals surface area contributed by atoms with Crippen molar-refractivity contribution in [1.82, 2.24) is 4.57 Å². The first-order valence-electron chi connectivity index (χ1n) is 8.40. The number of carbonyl (C=O) groups excluding carboxylic acids is 1. The summed E-state index contributed by atoms with van der Waals surface area (Å²) in [5.41, 5.74) is 3.76. The number of benzene rings is 1. The molecule has 6 heteroatoms. The second-order valence-electron chi connectivity index (χ2n) is 6.18. The molecule has 5 nitrogen and oxygen atoms in total. The van der Waals surface area contributed by atoms with Gasteiger partial charge in [0.2, 0.25) is 0 Å². The van der Waals surface area contributed by atoms with E-state index in [9.17, 15) is 4.79 Å². The first kappa shape index (κ1) is 17.9. The third-order valence-corrected chi connectivity index (χ3v) is 4.75. The van der Waals surface area contributed by atoms with Gasteiger partial charge in [-0.25, -0.2) is 4.79 Å². The Kier molecular flexibility index (Phi) is 5.08. The molecule has 2 aromatic rings. The molecular formula is C19H22BrNO4. The van der Waals surface area contributed by atoms with Crippen molar-refractivity contribution in [3.63, 3.8) is 0 Å². The molecule has 134 valence electrons. The number of aromatic nitrogens is 1. The van der Waals surface area contributed by atoms with Gasteiger partial charge >= 0.3 is 5.97 Å². The van der Waals surface area contributed by atoms with Gasteiger partial charge in [0.15, 0.2) is 11.5 Å². The number of nitrogens with zero attached hydrogens (tertiary/aromatic N) is 1. The number of aryl methyl sites for hydroxylation is 1. The van der Waals surface area contributed by atoms with Gasteiger partial charge in [0, 0.05) is 16.6 Å². The van der Waals surface area contributed by atoms with Crippen LogP contribution in [0.2, 0.25) is 0 Å². The molecule has 1 aliphatic heterocycles. The van der Waals surface area contributed by atoms with Gasteiger partial charge < -0.3 is 18.8 Å². The van der Waals surface area contributed by atoms with Crippen molar-refractivity contribution in [2.45, 2.75) is 39.8 Å². The molecule has 0 saturated heterocycles. The molecule has 3 rings (SSSR count). The highest BCUT2D eigenvalue weighted by Gasteiger charge is 2.27. The van der Waals surface area contributed by atoms with E-state index < -0.39 is 0 Å². The summed E-state index contributed by atoms with van der Waals surface area (Å²) in [6, 6.07) is 5.86. The molecule has 0 fully saturated rings. The predicted octanol–water partition coefficient (Wildman–Crippen LogP) is 4.45. The molecule has 0 N–H and O–H groups in total. The second-order valence-corrected chi connectivity index (χ2v) is 7.03. The van der Waals surface area contributed by atoms with Crippen molar-refractivity contribution in [2.75, 3.05) is 13.7 Å². The zero-order valence-corrected chi connectivity index (χ0v) is 16.5. The molecule has 0 spiro atoms. The topological polar surface area (TPSA) is 49.7 Å². The van der Waals surface area contributed by atoms with Crippen LogP contribution < -0.4 is 9.47 Å². The Hall–Kier alpha value is -1.95. The van der Waals surface area contributed by atoms with Crippen molar-refractivity contribution < 1.29 is 19.0 Å². The van der Waals surface area contributed by atoms with Gasteiger partial charge in [-0.1, -0.05) is 0 Å². The predicted molar refractivity (Wildman–Crippen MR) is 99.5 cm³/mol. The summed E-state index contributed by atoms with van der Waals surface area (Å²) in [7, 11) is 1.65. The Morgan fingerprint density at radius 2 is 2.04 bits per heavy atom. The molecule has 1 aliphatic rings. The Morgan fingerprint density at radius 3 is 2.68 bits per heavy atom. The van der Waals surface area contributed by atoms with E-state index in [1.807, 2.05) is 43.5 Å². The van der Waals surface area contributed by atoms with E-state index in [0.717, 1.165) is 34.4 Å². The lowest BCUT2D eigenvalue weighted by molar-refractivity contribution is 0.0514. The fourth-order valence-corrected chi connectivity index (χ4v) is 3.81. The maximum Gasteiger partial charge on any atom is 0.354 e. The van der Waals surface area contributed by atoms with Crippen LogP contribution in [0, 0.1) is 0 Å². The first-order chi connectivity index (χ1) is 12.0. The molecule has 0 atom stereocenters. The SMILES string of the molecule is CCOC(=O)c1cc(Br)c2n1CCc1cc(OC)c(OC(C)C)cc1-2. The van der Waals surface area contributed by atoms with E-state index in [2.05, 4.69) is 15.9 Å². The number of rotatable bonds is 5. The van der Waals surface area contributed by atoms with Crippen molar-refractivity contribution in [2.24, 2.45) is 0 Å². The van der Waals surface area contributed by atoms with E-state index in [-0.39, 0.29) is 12.1 Å². The normalized spacial score (nSPS) is 12.6. The Bertz CT molecular complexity index is 810. The monoisotopic (exact) mass is 407 g/mol. The number of hydrogen-bond donors (Lipinski definition) is 0.